The molecule has 0 radical (unpaired) electrons. The van der Waals surface area contributed by atoms with Gasteiger partial charge in [-0.15, -0.1) is 5.10 Å². The van der Waals surface area contributed by atoms with Gasteiger partial charge in [-0.05, 0) is 42.8 Å². The van der Waals surface area contributed by atoms with Gasteiger partial charge in [-0.2, -0.15) is 0 Å². The zero-order valence-electron chi connectivity index (χ0n) is 15.3. The van der Waals surface area contributed by atoms with E-state index in [2.05, 4.69) is 27.3 Å². The number of rotatable bonds is 4. The molecule has 0 saturated carbocycles. The number of hydrogen-bond donors (Lipinski definition) is 0. The highest BCUT2D eigenvalue weighted by Gasteiger charge is 2.22. The number of carbonyl (C=O) groups is 1. The van der Waals surface area contributed by atoms with Crippen LogP contribution in [0.15, 0.2) is 42.5 Å². The van der Waals surface area contributed by atoms with Crippen molar-refractivity contribution in [1.29, 1.82) is 0 Å². The van der Waals surface area contributed by atoms with Crippen LogP contribution in [0.2, 0.25) is 5.02 Å². The Morgan fingerprint density at radius 2 is 1.81 bits per heavy atom. The third-order valence-electron chi connectivity index (χ3n) is 5.04. The predicted molar refractivity (Wildman–Crippen MR) is 106 cm³/mol. The maximum absolute atomic E-state index is 12.9. The number of amides is 1. The van der Waals surface area contributed by atoms with Crippen LogP contribution < -0.4 is 0 Å². The summed E-state index contributed by atoms with van der Waals surface area (Å²) in [5.41, 5.74) is 3.64. The van der Waals surface area contributed by atoms with Crippen molar-refractivity contribution in [2.45, 2.75) is 20.0 Å². The first-order valence-electron chi connectivity index (χ1n) is 9.23. The second-order valence-corrected chi connectivity index (χ2v) is 7.24. The Hall–Kier alpha value is -2.44. The average molecular weight is 384 g/mol. The maximum atomic E-state index is 12.9. The van der Waals surface area contributed by atoms with E-state index in [0.29, 0.717) is 5.56 Å². The fourth-order valence-electron chi connectivity index (χ4n) is 3.48. The number of nitrogens with zero attached hydrogens (tertiary/aromatic N) is 5. The number of carbonyl (C=O) groups excluding carboxylic acids is 1. The molecule has 1 aliphatic rings. The van der Waals surface area contributed by atoms with Crippen molar-refractivity contribution in [3.63, 3.8) is 0 Å². The Balaban J connectivity index is 1.39. The minimum Gasteiger partial charge on any atom is -0.336 e. The first-order valence-corrected chi connectivity index (χ1v) is 9.61. The van der Waals surface area contributed by atoms with E-state index in [-0.39, 0.29) is 5.91 Å². The first-order chi connectivity index (χ1) is 13.1. The molecule has 27 heavy (non-hydrogen) atoms. The quantitative estimate of drug-likeness (QED) is 0.694. The summed E-state index contributed by atoms with van der Waals surface area (Å²) in [5.74, 6) is 0.0640. The van der Waals surface area contributed by atoms with Crippen LogP contribution in [0, 0.1) is 0 Å². The lowest BCUT2D eigenvalue weighted by atomic mass is 10.1. The minimum atomic E-state index is 0.0640. The highest BCUT2D eigenvalue weighted by Crippen LogP contribution is 2.17. The van der Waals surface area contributed by atoms with Gasteiger partial charge in [-0.25, -0.2) is 4.68 Å². The van der Waals surface area contributed by atoms with E-state index in [4.69, 9.17) is 11.6 Å². The van der Waals surface area contributed by atoms with E-state index in [1.54, 1.807) is 0 Å². The normalized spacial score (nSPS) is 15.4. The molecule has 140 valence electrons. The van der Waals surface area contributed by atoms with Gasteiger partial charge in [0.1, 0.15) is 5.52 Å². The molecule has 0 N–H and O–H groups in total. The van der Waals surface area contributed by atoms with Gasteiger partial charge in [0, 0.05) is 49.9 Å². The standard InChI is InChI=1S/C20H22ClN5O/c1-2-26-19-8-5-16(13-18(19)22-23-26)20(27)25-11-9-24(10-12-25)14-15-3-6-17(21)7-4-15/h3-8,13H,2,9-12,14H2,1H3. The summed E-state index contributed by atoms with van der Waals surface area (Å²) in [6.07, 6.45) is 0. The van der Waals surface area contributed by atoms with Crippen molar-refractivity contribution in [3.05, 3.63) is 58.6 Å². The molecule has 7 heteroatoms. The van der Waals surface area contributed by atoms with Gasteiger partial charge in [0.2, 0.25) is 0 Å². The summed E-state index contributed by atoms with van der Waals surface area (Å²) >= 11 is 5.95. The number of piperazine rings is 1. The lowest BCUT2D eigenvalue weighted by Gasteiger charge is -2.34. The Morgan fingerprint density at radius 3 is 2.52 bits per heavy atom. The molecule has 0 aliphatic carbocycles. The summed E-state index contributed by atoms with van der Waals surface area (Å²) in [4.78, 5) is 17.1. The molecule has 1 aliphatic heterocycles. The largest absolute Gasteiger partial charge is 0.336 e. The monoisotopic (exact) mass is 383 g/mol. The smallest absolute Gasteiger partial charge is 0.254 e. The Kier molecular flexibility index (Phi) is 5.09. The molecule has 4 rings (SSSR count). The number of aromatic nitrogens is 3. The first kappa shape index (κ1) is 17.9. The third-order valence-corrected chi connectivity index (χ3v) is 5.29. The van der Waals surface area contributed by atoms with Crippen molar-refractivity contribution in [2.24, 2.45) is 0 Å². The second-order valence-electron chi connectivity index (χ2n) is 6.80. The summed E-state index contributed by atoms with van der Waals surface area (Å²) in [6.45, 7) is 6.85. The molecule has 1 saturated heterocycles. The third kappa shape index (κ3) is 3.82. The number of aryl methyl sites for hydroxylation is 1. The van der Waals surface area contributed by atoms with E-state index in [1.807, 2.05) is 46.8 Å². The van der Waals surface area contributed by atoms with Crippen LogP contribution in [0.3, 0.4) is 0 Å². The molecular weight excluding hydrogens is 362 g/mol. The van der Waals surface area contributed by atoms with Crippen LogP contribution in [-0.2, 0) is 13.1 Å². The van der Waals surface area contributed by atoms with Crippen molar-refractivity contribution in [2.75, 3.05) is 26.2 Å². The van der Waals surface area contributed by atoms with Crippen LogP contribution in [-0.4, -0.2) is 56.9 Å². The van der Waals surface area contributed by atoms with Crippen molar-refractivity contribution in [1.82, 2.24) is 24.8 Å². The van der Waals surface area contributed by atoms with Crippen LogP contribution >= 0.6 is 11.6 Å². The van der Waals surface area contributed by atoms with Crippen LogP contribution in [0.1, 0.15) is 22.8 Å². The zero-order chi connectivity index (χ0) is 18.8. The Bertz CT molecular complexity index is 945. The molecule has 1 amide bonds. The van der Waals surface area contributed by atoms with Crippen LogP contribution in [0.25, 0.3) is 11.0 Å². The molecule has 0 spiro atoms. The van der Waals surface area contributed by atoms with Gasteiger partial charge >= 0.3 is 0 Å². The summed E-state index contributed by atoms with van der Waals surface area (Å²) in [7, 11) is 0. The predicted octanol–water partition coefficient (Wildman–Crippen LogP) is 3.06. The SMILES string of the molecule is CCn1nnc2cc(C(=O)N3CCN(Cc4ccc(Cl)cc4)CC3)ccc21. The van der Waals surface area contributed by atoms with E-state index < -0.39 is 0 Å². The van der Waals surface area contributed by atoms with E-state index >= 15 is 0 Å². The van der Waals surface area contributed by atoms with Crippen LogP contribution in [0.5, 0.6) is 0 Å². The summed E-state index contributed by atoms with van der Waals surface area (Å²) in [5, 5.41) is 9.03. The molecule has 0 atom stereocenters. The Labute approximate surface area is 163 Å². The van der Waals surface area contributed by atoms with Crippen LogP contribution in [0.4, 0.5) is 0 Å². The van der Waals surface area contributed by atoms with Gasteiger partial charge in [-0.1, -0.05) is 28.9 Å². The van der Waals surface area contributed by atoms with Gasteiger partial charge in [0.05, 0.1) is 5.52 Å². The lowest BCUT2D eigenvalue weighted by molar-refractivity contribution is 0.0628. The molecular formula is C20H22ClN5O. The molecule has 2 aromatic carbocycles. The van der Waals surface area contributed by atoms with E-state index in [0.717, 1.165) is 55.3 Å². The number of benzene rings is 2. The molecule has 0 bridgehead atoms. The average Bonchev–Trinajstić information content (AvgIpc) is 3.12. The van der Waals surface area contributed by atoms with Crippen molar-refractivity contribution < 1.29 is 4.79 Å². The van der Waals surface area contributed by atoms with Gasteiger partial charge < -0.3 is 4.90 Å². The van der Waals surface area contributed by atoms with Gasteiger partial charge in [0.15, 0.2) is 0 Å². The molecule has 1 aromatic heterocycles. The maximum Gasteiger partial charge on any atom is 0.254 e. The fraction of sp³-hybridized carbons (Fsp3) is 0.350. The van der Waals surface area contributed by atoms with E-state index in [1.165, 1.54) is 5.56 Å². The Morgan fingerprint density at radius 1 is 1.07 bits per heavy atom. The second kappa shape index (κ2) is 7.66. The molecule has 3 aromatic rings. The zero-order valence-corrected chi connectivity index (χ0v) is 16.1. The van der Waals surface area contributed by atoms with Gasteiger partial charge in [-0.3, -0.25) is 9.69 Å². The highest BCUT2D eigenvalue weighted by molar-refractivity contribution is 6.30. The molecule has 1 fully saturated rings. The molecule has 6 nitrogen and oxygen atoms in total. The fourth-order valence-corrected chi connectivity index (χ4v) is 3.60. The van der Waals surface area contributed by atoms with Gasteiger partial charge in [0.25, 0.3) is 5.91 Å². The van der Waals surface area contributed by atoms with E-state index in [9.17, 15) is 4.79 Å². The van der Waals surface area contributed by atoms with Crippen molar-refractivity contribution >= 4 is 28.5 Å². The number of hydrogen-bond acceptors (Lipinski definition) is 4. The molecule has 2 heterocycles. The topological polar surface area (TPSA) is 54.3 Å². The summed E-state index contributed by atoms with van der Waals surface area (Å²) < 4.78 is 1.83. The lowest BCUT2D eigenvalue weighted by Crippen LogP contribution is -2.48. The highest BCUT2D eigenvalue weighted by atomic mass is 35.5. The molecule has 0 unspecified atom stereocenters. The number of halogens is 1. The number of fused-ring (bicyclic) bond motifs is 1. The van der Waals surface area contributed by atoms with Crippen molar-refractivity contribution in [3.8, 4) is 0 Å². The summed E-state index contributed by atoms with van der Waals surface area (Å²) in [6, 6.07) is 13.6. The minimum absolute atomic E-state index is 0.0640.